The molecule has 1 N–H and O–H groups in total. The van der Waals surface area contributed by atoms with Gasteiger partial charge in [-0.1, -0.05) is 5.92 Å². The highest BCUT2D eigenvalue weighted by Crippen LogP contribution is 2.19. The van der Waals surface area contributed by atoms with Crippen molar-refractivity contribution in [2.75, 3.05) is 12.4 Å². The van der Waals surface area contributed by atoms with E-state index in [9.17, 15) is 0 Å². The van der Waals surface area contributed by atoms with Crippen molar-refractivity contribution in [1.29, 1.82) is 0 Å². The molecule has 0 spiro atoms. The largest absolute Gasteiger partial charge is 0.424 e. The fraction of sp³-hybridized carbons (Fsp3) is 0.100. The number of hydrogen-bond acceptors (Lipinski definition) is 3. The first-order chi connectivity index (χ1) is 6.33. The van der Waals surface area contributed by atoms with Gasteiger partial charge in [0.2, 0.25) is 0 Å². The Balaban J connectivity index is 2.65. The number of fused-ring (bicyclic) bond motifs is 1. The second-order valence-electron chi connectivity index (χ2n) is 2.60. The van der Waals surface area contributed by atoms with Gasteiger partial charge in [-0.3, -0.25) is 0 Å². The first-order valence-corrected chi connectivity index (χ1v) is 3.88. The van der Waals surface area contributed by atoms with E-state index in [2.05, 4.69) is 16.2 Å². The molecule has 0 bridgehead atoms. The topological polar surface area (TPSA) is 38.1 Å². The van der Waals surface area contributed by atoms with E-state index in [1.165, 1.54) is 0 Å². The maximum atomic E-state index is 5.33. The summed E-state index contributed by atoms with van der Waals surface area (Å²) in [5.74, 6) is 2.54. The molecule has 0 saturated carbocycles. The van der Waals surface area contributed by atoms with Crippen LogP contribution in [0.2, 0.25) is 0 Å². The molecule has 3 nitrogen and oxygen atoms in total. The van der Waals surface area contributed by atoms with Crippen LogP contribution >= 0.6 is 0 Å². The number of aromatic nitrogens is 1. The minimum absolute atomic E-state index is 0.504. The first-order valence-electron chi connectivity index (χ1n) is 3.88. The van der Waals surface area contributed by atoms with Crippen molar-refractivity contribution in [3.8, 4) is 12.3 Å². The molecular formula is C10H8N2O. The summed E-state index contributed by atoms with van der Waals surface area (Å²) in [5.41, 5.74) is 2.33. The monoisotopic (exact) mass is 172 g/mol. The van der Waals surface area contributed by atoms with Crippen LogP contribution in [-0.2, 0) is 0 Å². The molecule has 1 heterocycles. The van der Waals surface area contributed by atoms with Crippen LogP contribution in [0.1, 0.15) is 5.56 Å². The Morgan fingerprint density at radius 1 is 1.54 bits per heavy atom. The third-order valence-electron chi connectivity index (χ3n) is 1.77. The summed E-state index contributed by atoms with van der Waals surface area (Å²) in [4.78, 5) is 4.17. The maximum absolute atomic E-state index is 5.33. The minimum atomic E-state index is 0.504. The SMILES string of the molecule is C#Cc1ccc2oc(NC)nc2c1. The maximum Gasteiger partial charge on any atom is 0.295 e. The van der Waals surface area contributed by atoms with E-state index in [0.29, 0.717) is 6.01 Å². The predicted octanol–water partition coefficient (Wildman–Crippen LogP) is 1.85. The molecule has 0 unspecified atom stereocenters. The Kier molecular flexibility index (Phi) is 1.67. The summed E-state index contributed by atoms with van der Waals surface area (Å²) in [7, 11) is 1.76. The molecule has 0 fully saturated rings. The lowest BCUT2D eigenvalue weighted by molar-refractivity contribution is 0.620. The smallest absolute Gasteiger partial charge is 0.295 e. The highest BCUT2D eigenvalue weighted by Gasteiger charge is 2.03. The summed E-state index contributed by atoms with van der Waals surface area (Å²) in [6, 6.07) is 5.97. The quantitative estimate of drug-likeness (QED) is 0.667. The summed E-state index contributed by atoms with van der Waals surface area (Å²) >= 11 is 0. The van der Waals surface area contributed by atoms with Gasteiger partial charge >= 0.3 is 0 Å². The summed E-state index contributed by atoms with van der Waals surface area (Å²) in [6.07, 6.45) is 5.26. The van der Waals surface area contributed by atoms with Crippen LogP contribution < -0.4 is 5.32 Å². The van der Waals surface area contributed by atoms with Crippen LogP contribution in [-0.4, -0.2) is 12.0 Å². The Morgan fingerprint density at radius 2 is 2.38 bits per heavy atom. The summed E-state index contributed by atoms with van der Waals surface area (Å²) in [6.45, 7) is 0. The molecule has 0 atom stereocenters. The van der Waals surface area contributed by atoms with Crippen LogP contribution in [0, 0.1) is 12.3 Å². The van der Waals surface area contributed by atoms with E-state index >= 15 is 0 Å². The number of oxazole rings is 1. The molecule has 3 heteroatoms. The summed E-state index contributed by atoms with van der Waals surface area (Å²) in [5, 5.41) is 2.82. The molecule has 2 aromatic rings. The standard InChI is InChI=1S/C10H8N2O/c1-3-7-4-5-9-8(6-7)12-10(11-2)13-9/h1,4-6H,2H3,(H,11,12). The van der Waals surface area contributed by atoms with E-state index < -0.39 is 0 Å². The van der Waals surface area contributed by atoms with Crippen molar-refractivity contribution in [1.82, 2.24) is 4.98 Å². The lowest BCUT2D eigenvalue weighted by atomic mass is 10.2. The lowest BCUT2D eigenvalue weighted by Crippen LogP contribution is -1.85. The third kappa shape index (κ3) is 1.23. The number of terminal acetylenes is 1. The van der Waals surface area contributed by atoms with Crippen LogP contribution in [0.15, 0.2) is 22.6 Å². The number of benzene rings is 1. The van der Waals surface area contributed by atoms with Crippen LogP contribution in [0.5, 0.6) is 0 Å². The van der Waals surface area contributed by atoms with Crippen LogP contribution in [0.3, 0.4) is 0 Å². The molecular weight excluding hydrogens is 164 g/mol. The van der Waals surface area contributed by atoms with Gasteiger partial charge in [-0.05, 0) is 18.2 Å². The molecule has 1 aromatic carbocycles. The van der Waals surface area contributed by atoms with Crippen molar-refractivity contribution in [2.24, 2.45) is 0 Å². The third-order valence-corrected chi connectivity index (χ3v) is 1.77. The van der Waals surface area contributed by atoms with Crippen molar-refractivity contribution in [2.45, 2.75) is 0 Å². The zero-order chi connectivity index (χ0) is 9.26. The molecule has 0 radical (unpaired) electrons. The van der Waals surface area contributed by atoms with Crippen molar-refractivity contribution >= 4 is 17.1 Å². The van der Waals surface area contributed by atoms with E-state index in [1.54, 1.807) is 7.05 Å². The fourth-order valence-corrected chi connectivity index (χ4v) is 1.12. The number of anilines is 1. The second-order valence-corrected chi connectivity index (χ2v) is 2.60. The number of nitrogens with zero attached hydrogens (tertiary/aromatic N) is 1. The Bertz CT molecular complexity index is 479. The first kappa shape index (κ1) is 7.69. The van der Waals surface area contributed by atoms with Crippen molar-refractivity contribution < 1.29 is 4.42 Å². The lowest BCUT2D eigenvalue weighted by Gasteiger charge is -1.87. The molecule has 0 aliphatic rings. The second kappa shape index (κ2) is 2.83. The van der Waals surface area contributed by atoms with Crippen molar-refractivity contribution in [3.63, 3.8) is 0 Å². The predicted molar refractivity (Wildman–Crippen MR) is 51.5 cm³/mol. The van der Waals surface area contributed by atoms with Gasteiger partial charge in [-0.15, -0.1) is 6.42 Å². The van der Waals surface area contributed by atoms with E-state index in [-0.39, 0.29) is 0 Å². The molecule has 1 aromatic heterocycles. The van der Waals surface area contributed by atoms with E-state index in [4.69, 9.17) is 10.8 Å². The van der Waals surface area contributed by atoms with E-state index in [0.717, 1.165) is 16.7 Å². The number of rotatable bonds is 1. The number of nitrogens with one attached hydrogen (secondary N) is 1. The van der Waals surface area contributed by atoms with Crippen molar-refractivity contribution in [3.05, 3.63) is 23.8 Å². The summed E-state index contributed by atoms with van der Waals surface area (Å²) < 4.78 is 5.33. The molecule has 0 saturated heterocycles. The molecule has 0 amide bonds. The van der Waals surface area contributed by atoms with Gasteiger partial charge in [0, 0.05) is 12.6 Å². The molecule has 2 rings (SSSR count). The normalized spacial score (nSPS) is 9.85. The molecule has 0 aliphatic heterocycles. The van der Waals surface area contributed by atoms with Gasteiger partial charge in [-0.2, -0.15) is 4.98 Å². The Hall–Kier alpha value is -1.95. The van der Waals surface area contributed by atoms with Crippen LogP contribution in [0.4, 0.5) is 6.01 Å². The zero-order valence-electron chi connectivity index (χ0n) is 7.16. The molecule has 13 heavy (non-hydrogen) atoms. The van der Waals surface area contributed by atoms with Gasteiger partial charge in [0.25, 0.3) is 6.01 Å². The highest BCUT2D eigenvalue weighted by atomic mass is 16.4. The van der Waals surface area contributed by atoms with Crippen LogP contribution in [0.25, 0.3) is 11.1 Å². The van der Waals surface area contributed by atoms with Gasteiger partial charge in [0.05, 0.1) is 0 Å². The average molecular weight is 172 g/mol. The fourth-order valence-electron chi connectivity index (χ4n) is 1.12. The average Bonchev–Trinajstić information content (AvgIpc) is 2.58. The minimum Gasteiger partial charge on any atom is -0.424 e. The van der Waals surface area contributed by atoms with Gasteiger partial charge in [0.1, 0.15) is 5.52 Å². The van der Waals surface area contributed by atoms with Gasteiger partial charge < -0.3 is 9.73 Å². The van der Waals surface area contributed by atoms with Gasteiger partial charge in [0.15, 0.2) is 5.58 Å². The zero-order valence-corrected chi connectivity index (χ0v) is 7.16. The van der Waals surface area contributed by atoms with Gasteiger partial charge in [-0.25, -0.2) is 0 Å². The Morgan fingerprint density at radius 3 is 3.08 bits per heavy atom. The highest BCUT2D eigenvalue weighted by molar-refractivity contribution is 5.76. The Labute approximate surface area is 75.8 Å². The molecule has 64 valence electrons. The number of hydrogen-bond donors (Lipinski definition) is 1. The van der Waals surface area contributed by atoms with E-state index in [1.807, 2.05) is 18.2 Å². The molecule has 0 aliphatic carbocycles.